The van der Waals surface area contributed by atoms with Crippen molar-refractivity contribution in [2.24, 2.45) is 5.92 Å². The number of carboxylic acids is 1. The molecule has 4 nitrogen and oxygen atoms in total. The maximum Gasteiger partial charge on any atom is 0.336 e. The molecule has 1 fully saturated rings. The fourth-order valence-corrected chi connectivity index (χ4v) is 3.06. The number of likely N-dealkylation sites (tertiary alicyclic amines) is 1. The average Bonchev–Trinajstić information content (AvgIpc) is 2.48. The topological polar surface area (TPSA) is 57.6 Å². The van der Waals surface area contributed by atoms with Crippen molar-refractivity contribution in [2.75, 3.05) is 13.1 Å². The van der Waals surface area contributed by atoms with E-state index in [0.717, 1.165) is 37.9 Å². The summed E-state index contributed by atoms with van der Waals surface area (Å²) < 4.78 is 0. The highest BCUT2D eigenvalue weighted by atomic mass is 16.4. The van der Waals surface area contributed by atoms with Gasteiger partial charge >= 0.3 is 5.97 Å². The summed E-state index contributed by atoms with van der Waals surface area (Å²) in [7, 11) is 0. The Labute approximate surface area is 125 Å². The molecule has 1 aliphatic rings. The van der Waals surface area contributed by atoms with Crippen LogP contribution < -0.4 is 0 Å². The van der Waals surface area contributed by atoms with Gasteiger partial charge in [-0.2, -0.15) is 0 Å². The Kier molecular flexibility index (Phi) is 4.66. The zero-order valence-corrected chi connectivity index (χ0v) is 13.0. The number of carboxylic acid groups (broad SMARTS) is 1. The Hall–Kier alpha value is -1.84. The van der Waals surface area contributed by atoms with Crippen LogP contribution >= 0.6 is 0 Å². The second-order valence-electron chi connectivity index (χ2n) is 5.90. The standard InChI is InChI=1S/C17H23NO3/c1-4-13-7-9-18(10-8-13)16(19)14-11(2)5-6-12(3)15(14)17(20)21/h5-6,13H,4,7-10H2,1-3H3,(H,20,21). The maximum absolute atomic E-state index is 12.8. The van der Waals surface area contributed by atoms with Crippen molar-refractivity contribution in [3.05, 3.63) is 34.4 Å². The van der Waals surface area contributed by atoms with Crippen LogP contribution in [0.1, 0.15) is 58.0 Å². The van der Waals surface area contributed by atoms with Crippen LogP contribution in [-0.4, -0.2) is 35.0 Å². The number of rotatable bonds is 3. The van der Waals surface area contributed by atoms with E-state index in [-0.39, 0.29) is 11.5 Å². The fraction of sp³-hybridized carbons (Fsp3) is 0.529. The number of hydrogen-bond acceptors (Lipinski definition) is 2. The van der Waals surface area contributed by atoms with Crippen LogP contribution in [0.15, 0.2) is 12.1 Å². The predicted octanol–water partition coefficient (Wildman–Crippen LogP) is 3.26. The minimum absolute atomic E-state index is 0.136. The molecule has 0 aliphatic carbocycles. The van der Waals surface area contributed by atoms with Crippen molar-refractivity contribution < 1.29 is 14.7 Å². The Morgan fingerprint density at radius 3 is 2.14 bits per heavy atom. The van der Waals surface area contributed by atoms with Gasteiger partial charge in [0.1, 0.15) is 0 Å². The van der Waals surface area contributed by atoms with Crippen LogP contribution in [0.3, 0.4) is 0 Å². The Morgan fingerprint density at radius 2 is 1.67 bits per heavy atom. The first-order chi connectivity index (χ1) is 9.95. The molecule has 21 heavy (non-hydrogen) atoms. The second kappa shape index (κ2) is 6.29. The molecule has 1 heterocycles. The summed E-state index contributed by atoms with van der Waals surface area (Å²) in [6, 6.07) is 3.59. The monoisotopic (exact) mass is 289 g/mol. The number of carbonyl (C=O) groups excluding carboxylic acids is 1. The summed E-state index contributed by atoms with van der Waals surface area (Å²) in [5.74, 6) is -0.474. The number of hydrogen-bond donors (Lipinski definition) is 1. The number of carbonyl (C=O) groups is 2. The van der Waals surface area contributed by atoms with E-state index in [1.807, 2.05) is 6.07 Å². The SMILES string of the molecule is CCC1CCN(C(=O)c2c(C)ccc(C)c2C(=O)O)CC1. The molecule has 0 unspecified atom stereocenters. The average molecular weight is 289 g/mol. The molecule has 0 atom stereocenters. The van der Waals surface area contributed by atoms with E-state index in [4.69, 9.17) is 0 Å². The van der Waals surface area contributed by atoms with Gasteiger partial charge in [-0.25, -0.2) is 4.79 Å². The predicted molar refractivity (Wildman–Crippen MR) is 81.8 cm³/mol. The molecule has 1 amide bonds. The highest BCUT2D eigenvalue weighted by Crippen LogP contribution is 2.25. The van der Waals surface area contributed by atoms with Crippen molar-refractivity contribution >= 4 is 11.9 Å². The molecular weight excluding hydrogens is 266 g/mol. The van der Waals surface area contributed by atoms with Crippen LogP contribution in [0.2, 0.25) is 0 Å². The summed E-state index contributed by atoms with van der Waals surface area (Å²) in [4.78, 5) is 26.1. The van der Waals surface area contributed by atoms with Gasteiger partial charge in [-0.1, -0.05) is 25.5 Å². The van der Waals surface area contributed by atoms with Crippen molar-refractivity contribution in [1.82, 2.24) is 4.90 Å². The fourth-order valence-electron chi connectivity index (χ4n) is 3.06. The lowest BCUT2D eigenvalue weighted by Gasteiger charge is -2.32. The Bertz CT molecular complexity index is 557. The molecule has 1 aromatic carbocycles. The normalized spacial score (nSPS) is 16.0. The maximum atomic E-state index is 12.8. The van der Waals surface area contributed by atoms with E-state index in [0.29, 0.717) is 17.0 Å². The van der Waals surface area contributed by atoms with Crippen molar-refractivity contribution in [3.63, 3.8) is 0 Å². The second-order valence-corrected chi connectivity index (χ2v) is 5.90. The third kappa shape index (κ3) is 3.09. The molecule has 0 spiro atoms. The highest BCUT2D eigenvalue weighted by Gasteiger charge is 2.28. The van der Waals surface area contributed by atoms with Gasteiger partial charge in [0, 0.05) is 13.1 Å². The molecule has 0 radical (unpaired) electrons. The molecule has 0 saturated carbocycles. The molecule has 0 aromatic heterocycles. The quantitative estimate of drug-likeness (QED) is 0.929. The molecule has 0 bridgehead atoms. The number of piperidine rings is 1. The van der Waals surface area contributed by atoms with E-state index in [1.165, 1.54) is 0 Å². The molecule has 1 aromatic rings. The lowest BCUT2D eigenvalue weighted by Crippen LogP contribution is -2.39. The first-order valence-electron chi connectivity index (χ1n) is 7.58. The van der Waals surface area contributed by atoms with Gasteiger partial charge in [-0.3, -0.25) is 4.79 Å². The van der Waals surface area contributed by atoms with Gasteiger partial charge in [-0.05, 0) is 43.7 Å². The summed E-state index contributed by atoms with van der Waals surface area (Å²) in [6.45, 7) is 7.17. The van der Waals surface area contributed by atoms with E-state index >= 15 is 0 Å². The van der Waals surface area contributed by atoms with Crippen molar-refractivity contribution in [2.45, 2.75) is 40.0 Å². The van der Waals surface area contributed by atoms with Gasteiger partial charge in [0.05, 0.1) is 11.1 Å². The van der Waals surface area contributed by atoms with Crippen LogP contribution in [-0.2, 0) is 0 Å². The smallest absolute Gasteiger partial charge is 0.336 e. The van der Waals surface area contributed by atoms with E-state index in [1.54, 1.807) is 24.8 Å². The first-order valence-corrected chi connectivity index (χ1v) is 7.58. The van der Waals surface area contributed by atoms with Gasteiger partial charge in [0.15, 0.2) is 0 Å². The van der Waals surface area contributed by atoms with E-state index in [2.05, 4.69) is 6.92 Å². The number of aromatic carboxylic acids is 1. The Balaban J connectivity index is 2.32. The first kappa shape index (κ1) is 15.5. The molecule has 1 N–H and O–H groups in total. The molecule has 1 aliphatic heterocycles. The molecular formula is C17H23NO3. The lowest BCUT2D eigenvalue weighted by molar-refractivity contribution is 0.0649. The third-order valence-corrected chi connectivity index (χ3v) is 4.53. The zero-order chi connectivity index (χ0) is 15.6. The summed E-state index contributed by atoms with van der Waals surface area (Å²) in [6.07, 6.45) is 3.16. The zero-order valence-electron chi connectivity index (χ0n) is 13.0. The number of benzene rings is 1. The summed E-state index contributed by atoms with van der Waals surface area (Å²) in [5, 5.41) is 9.43. The molecule has 1 saturated heterocycles. The molecule has 2 rings (SSSR count). The van der Waals surface area contributed by atoms with Gasteiger partial charge in [-0.15, -0.1) is 0 Å². The molecule has 114 valence electrons. The minimum atomic E-state index is -1.03. The lowest BCUT2D eigenvalue weighted by atomic mass is 9.92. The molecule has 4 heteroatoms. The van der Waals surface area contributed by atoms with Crippen LogP contribution in [0, 0.1) is 19.8 Å². The van der Waals surface area contributed by atoms with Crippen molar-refractivity contribution in [1.29, 1.82) is 0 Å². The van der Waals surface area contributed by atoms with E-state index < -0.39 is 5.97 Å². The highest BCUT2D eigenvalue weighted by molar-refractivity contribution is 6.06. The van der Waals surface area contributed by atoms with Crippen LogP contribution in [0.5, 0.6) is 0 Å². The van der Waals surface area contributed by atoms with E-state index in [9.17, 15) is 14.7 Å². The number of nitrogens with zero attached hydrogens (tertiary/aromatic N) is 1. The largest absolute Gasteiger partial charge is 0.478 e. The van der Waals surface area contributed by atoms with Crippen LogP contribution in [0.4, 0.5) is 0 Å². The number of aryl methyl sites for hydroxylation is 2. The summed E-state index contributed by atoms with van der Waals surface area (Å²) >= 11 is 0. The van der Waals surface area contributed by atoms with Crippen molar-refractivity contribution in [3.8, 4) is 0 Å². The van der Waals surface area contributed by atoms with Gasteiger partial charge in [0.25, 0.3) is 5.91 Å². The Morgan fingerprint density at radius 1 is 1.14 bits per heavy atom. The minimum Gasteiger partial charge on any atom is -0.478 e. The number of amides is 1. The van der Waals surface area contributed by atoms with Crippen LogP contribution in [0.25, 0.3) is 0 Å². The van der Waals surface area contributed by atoms with Gasteiger partial charge < -0.3 is 10.0 Å². The van der Waals surface area contributed by atoms with Gasteiger partial charge in [0.2, 0.25) is 0 Å². The summed E-state index contributed by atoms with van der Waals surface area (Å²) in [5.41, 5.74) is 1.88. The third-order valence-electron chi connectivity index (χ3n) is 4.53.